The van der Waals surface area contributed by atoms with E-state index in [2.05, 4.69) is 18.7 Å². The highest BCUT2D eigenvalue weighted by Crippen LogP contribution is 2.14. The molecule has 1 fully saturated rings. The molecular weight excluding hydrogens is 242 g/mol. The SMILES string of the molecule is CC1CN(CCC(=O)c2ccc(O)cc2)CC(C)O1. The predicted molar refractivity (Wildman–Crippen MR) is 73.5 cm³/mol. The molecule has 0 amide bonds. The Kier molecular flexibility index (Phi) is 4.56. The zero-order valence-corrected chi connectivity index (χ0v) is 11.5. The minimum absolute atomic E-state index is 0.117. The number of phenols is 1. The van der Waals surface area contributed by atoms with E-state index in [9.17, 15) is 9.90 Å². The van der Waals surface area contributed by atoms with Gasteiger partial charge in [-0.1, -0.05) is 0 Å². The molecule has 1 aromatic carbocycles. The third-order valence-electron chi connectivity index (χ3n) is 3.34. The topological polar surface area (TPSA) is 49.8 Å². The second kappa shape index (κ2) is 6.17. The molecule has 0 aromatic heterocycles. The Balaban J connectivity index is 1.84. The first kappa shape index (κ1) is 14.0. The van der Waals surface area contributed by atoms with Crippen LogP contribution in [0.25, 0.3) is 0 Å². The van der Waals surface area contributed by atoms with E-state index in [-0.39, 0.29) is 23.7 Å². The van der Waals surface area contributed by atoms with Gasteiger partial charge in [0, 0.05) is 31.6 Å². The number of phenolic OH excluding ortho intramolecular Hbond substituents is 1. The normalized spacial score (nSPS) is 24.3. The first-order chi connectivity index (χ1) is 9.04. The molecular formula is C15H21NO3. The van der Waals surface area contributed by atoms with Crippen molar-refractivity contribution in [3.05, 3.63) is 29.8 Å². The van der Waals surface area contributed by atoms with Gasteiger partial charge in [-0.15, -0.1) is 0 Å². The molecule has 2 rings (SSSR count). The molecule has 19 heavy (non-hydrogen) atoms. The Morgan fingerprint density at radius 2 is 1.84 bits per heavy atom. The van der Waals surface area contributed by atoms with Crippen molar-refractivity contribution in [2.75, 3.05) is 19.6 Å². The second-order valence-corrected chi connectivity index (χ2v) is 5.24. The average molecular weight is 263 g/mol. The smallest absolute Gasteiger partial charge is 0.164 e. The fourth-order valence-corrected chi connectivity index (χ4v) is 2.52. The Morgan fingerprint density at radius 1 is 1.26 bits per heavy atom. The summed E-state index contributed by atoms with van der Waals surface area (Å²) in [6, 6.07) is 6.43. The standard InChI is InChI=1S/C15H21NO3/c1-11-9-16(10-12(2)19-11)8-7-15(18)13-3-5-14(17)6-4-13/h3-6,11-12,17H,7-10H2,1-2H3. The number of aromatic hydroxyl groups is 1. The van der Waals surface area contributed by atoms with Gasteiger partial charge < -0.3 is 9.84 Å². The van der Waals surface area contributed by atoms with Crippen LogP contribution in [-0.2, 0) is 4.74 Å². The maximum absolute atomic E-state index is 12.0. The lowest BCUT2D eigenvalue weighted by atomic mass is 10.1. The third-order valence-corrected chi connectivity index (χ3v) is 3.34. The molecule has 0 radical (unpaired) electrons. The monoisotopic (exact) mass is 263 g/mol. The van der Waals surface area contributed by atoms with Crippen LogP contribution in [0.1, 0.15) is 30.6 Å². The number of ether oxygens (including phenoxy) is 1. The van der Waals surface area contributed by atoms with Gasteiger partial charge in [0.05, 0.1) is 12.2 Å². The van der Waals surface area contributed by atoms with Crippen molar-refractivity contribution in [1.29, 1.82) is 0 Å². The molecule has 1 aliphatic rings. The Labute approximate surface area is 114 Å². The lowest BCUT2D eigenvalue weighted by Gasteiger charge is -2.35. The minimum atomic E-state index is 0.117. The van der Waals surface area contributed by atoms with E-state index in [1.54, 1.807) is 24.3 Å². The molecule has 2 unspecified atom stereocenters. The highest BCUT2D eigenvalue weighted by molar-refractivity contribution is 5.96. The average Bonchev–Trinajstić information content (AvgIpc) is 2.36. The predicted octanol–water partition coefficient (Wildman–Crippen LogP) is 2.07. The van der Waals surface area contributed by atoms with Crippen LogP contribution in [0, 0.1) is 0 Å². The van der Waals surface area contributed by atoms with Crippen molar-refractivity contribution < 1.29 is 14.6 Å². The van der Waals surface area contributed by atoms with Crippen LogP contribution in [0.4, 0.5) is 0 Å². The van der Waals surface area contributed by atoms with Gasteiger partial charge in [0.1, 0.15) is 5.75 Å². The molecule has 0 bridgehead atoms. The summed E-state index contributed by atoms with van der Waals surface area (Å²) in [6.45, 7) is 6.65. The van der Waals surface area contributed by atoms with Crippen molar-refractivity contribution in [3.8, 4) is 5.75 Å². The first-order valence-electron chi connectivity index (χ1n) is 6.74. The highest BCUT2D eigenvalue weighted by atomic mass is 16.5. The summed E-state index contributed by atoms with van der Waals surface area (Å²) in [5.41, 5.74) is 0.659. The number of hydrogen-bond donors (Lipinski definition) is 1. The zero-order chi connectivity index (χ0) is 13.8. The van der Waals surface area contributed by atoms with Crippen molar-refractivity contribution in [1.82, 2.24) is 4.90 Å². The van der Waals surface area contributed by atoms with Gasteiger partial charge in [-0.2, -0.15) is 0 Å². The van der Waals surface area contributed by atoms with Gasteiger partial charge in [0.15, 0.2) is 5.78 Å². The van der Waals surface area contributed by atoms with E-state index in [4.69, 9.17) is 4.74 Å². The maximum atomic E-state index is 12.0. The summed E-state index contributed by atoms with van der Waals surface area (Å²) in [4.78, 5) is 14.3. The summed E-state index contributed by atoms with van der Waals surface area (Å²) in [5, 5.41) is 9.20. The van der Waals surface area contributed by atoms with Crippen LogP contribution < -0.4 is 0 Å². The molecule has 0 aliphatic carbocycles. The number of Topliss-reactive ketones (excluding diaryl/α,β-unsaturated/α-hetero) is 1. The van der Waals surface area contributed by atoms with Crippen molar-refractivity contribution in [2.24, 2.45) is 0 Å². The van der Waals surface area contributed by atoms with Crippen LogP contribution >= 0.6 is 0 Å². The van der Waals surface area contributed by atoms with Gasteiger partial charge in [0.2, 0.25) is 0 Å². The second-order valence-electron chi connectivity index (χ2n) is 5.24. The van der Waals surface area contributed by atoms with E-state index in [1.807, 2.05) is 0 Å². The number of carbonyl (C=O) groups excluding carboxylic acids is 1. The Hall–Kier alpha value is -1.39. The van der Waals surface area contributed by atoms with Gasteiger partial charge in [-0.25, -0.2) is 0 Å². The molecule has 1 heterocycles. The van der Waals surface area contributed by atoms with E-state index >= 15 is 0 Å². The quantitative estimate of drug-likeness (QED) is 0.845. The van der Waals surface area contributed by atoms with Crippen LogP contribution in [0.5, 0.6) is 5.75 Å². The molecule has 1 saturated heterocycles. The van der Waals surface area contributed by atoms with E-state index < -0.39 is 0 Å². The van der Waals surface area contributed by atoms with Crippen molar-refractivity contribution >= 4 is 5.78 Å². The Morgan fingerprint density at radius 3 is 2.42 bits per heavy atom. The van der Waals surface area contributed by atoms with Crippen LogP contribution in [0.2, 0.25) is 0 Å². The molecule has 0 spiro atoms. The molecule has 1 aliphatic heterocycles. The summed E-state index contributed by atoms with van der Waals surface area (Å²) in [7, 11) is 0. The number of nitrogens with zero attached hydrogens (tertiary/aromatic N) is 1. The zero-order valence-electron chi connectivity index (χ0n) is 11.5. The van der Waals surface area contributed by atoms with Gasteiger partial charge in [-0.05, 0) is 38.1 Å². The summed E-state index contributed by atoms with van der Waals surface area (Å²) >= 11 is 0. The van der Waals surface area contributed by atoms with E-state index in [0.29, 0.717) is 12.0 Å². The van der Waals surface area contributed by atoms with Crippen LogP contribution in [0.15, 0.2) is 24.3 Å². The van der Waals surface area contributed by atoms with Crippen molar-refractivity contribution in [3.63, 3.8) is 0 Å². The maximum Gasteiger partial charge on any atom is 0.164 e. The molecule has 4 nitrogen and oxygen atoms in total. The molecule has 2 atom stereocenters. The van der Waals surface area contributed by atoms with E-state index in [0.717, 1.165) is 19.6 Å². The summed E-state index contributed by atoms with van der Waals surface area (Å²) in [6.07, 6.45) is 0.963. The minimum Gasteiger partial charge on any atom is -0.508 e. The fraction of sp³-hybridized carbons (Fsp3) is 0.533. The molecule has 1 N–H and O–H groups in total. The van der Waals surface area contributed by atoms with Crippen LogP contribution in [0.3, 0.4) is 0 Å². The summed E-state index contributed by atoms with van der Waals surface area (Å²) in [5.74, 6) is 0.305. The number of ketones is 1. The third kappa shape index (κ3) is 4.04. The molecule has 1 aromatic rings. The van der Waals surface area contributed by atoms with Gasteiger partial charge in [0.25, 0.3) is 0 Å². The number of carbonyl (C=O) groups is 1. The first-order valence-corrected chi connectivity index (χ1v) is 6.74. The van der Waals surface area contributed by atoms with Gasteiger partial charge in [-0.3, -0.25) is 9.69 Å². The highest BCUT2D eigenvalue weighted by Gasteiger charge is 2.22. The lowest BCUT2D eigenvalue weighted by molar-refractivity contribution is -0.0675. The molecule has 104 valence electrons. The summed E-state index contributed by atoms with van der Waals surface area (Å²) < 4.78 is 5.67. The van der Waals surface area contributed by atoms with Crippen LogP contribution in [-0.4, -0.2) is 47.6 Å². The van der Waals surface area contributed by atoms with Gasteiger partial charge >= 0.3 is 0 Å². The largest absolute Gasteiger partial charge is 0.508 e. The number of benzene rings is 1. The molecule has 0 saturated carbocycles. The number of rotatable bonds is 4. The lowest BCUT2D eigenvalue weighted by Crippen LogP contribution is -2.46. The van der Waals surface area contributed by atoms with E-state index in [1.165, 1.54) is 0 Å². The Bertz CT molecular complexity index is 420. The fourth-order valence-electron chi connectivity index (χ4n) is 2.52. The number of morpholine rings is 1. The van der Waals surface area contributed by atoms with Crippen molar-refractivity contribution in [2.45, 2.75) is 32.5 Å². The molecule has 4 heteroatoms. The number of hydrogen-bond acceptors (Lipinski definition) is 4.